The van der Waals surface area contributed by atoms with Gasteiger partial charge in [0.1, 0.15) is 18.0 Å². The topological polar surface area (TPSA) is 54.8 Å². The summed E-state index contributed by atoms with van der Waals surface area (Å²) in [4.78, 5) is 6.64. The van der Waals surface area contributed by atoms with Gasteiger partial charge in [-0.15, -0.1) is 0 Å². The van der Waals surface area contributed by atoms with E-state index < -0.39 is 5.60 Å². The van der Waals surface area contributed by atoms with Crippen molar-refractivity contribution in [3.63, 3.8) is 0 Å². The number of pyridine rings is 1. The third-order valence-electron chi connectivity index (χ3n) is 4.43. The van der Waals surface area contributed by atoms with Gasteiger partial charge in [0.05, 0.1) is 18.9 Å². The lowest BCUT2D eigenvalue weighted by Gasteiger charge is -2.30. The zero-order valence-electron chi connectivity index (χ0n) is 14.9. The summed E-state index contributed by atoms with van der Waals surface area (Å²) in [7, 11) is 0. The molecule has 0 bridgehead atoms. The molecule has 2 aromatic rings. The molecule has 2 heterocycles. The van der Waals surface area contributed by atoms with Gasteiger partial charge in [0.25, 0.3) is 0 Å². The number of aryl methyl sites for hydroxylation is 2. The number of aromatic nitrogens is 1. The maximum Gasteiger partial charge on any atom is 0.134 e. The number of hydrogen-bond donors (Lipinski definition) is 1. The van der Waals surface area contributed by atoms with Crippen LogP contribution in [-0.2, 0) is 11.3 Å². The van der Waals surface area contributed by atoms with Crippen molar-refractivity contribution >= 4 is 0 Å². The Balaban J connectivity index is 1.64. The number of benzene rings is 1. The van der Waals surface area contributed by atoms with E-state index in [1.54, 1.807) is 0 Å². The molecule has 0 spiro atoms. The Hall–Kier alpha value is -1.95. The van der Waals surface area contributed by atoms with Crippen molar-refractivity contribution in [2.45, 2.75) is 26.0 Å². The summed E-state index contributed by atoms with van der Waals surface area (Å²) in [6, 6.07) is 11.8. The molecule has 1 N–H and O–H groups in total. The van der Waals surface area contributed by atoms with Crippen molar-refractivity contribution in [2.24, 2.45) is 0 Å². The van der Waals surface area contributed by atoms with Gasteiger partial charge >= 0.3 is 0 Å². The largest absolute Gasteiger partial charge is 0.490 e. The van der Waals surface area contributed by atoms with Crippen LogP contribution in [0.15, 0.2) is 42.6 Å². The molecule has 0 radical (unpaired) electrons. The smallest absolute Gasteiger partial charge is 0.134 e. The standard InChI is InChI=1S/C20H26N2O3/c1-16-5-3-7-18(11-16)25-15-20(23)13-22(9-10-24-14-20)12-19-17(2)6-4-8-21-19/h3-8,11,23H,9-10,12-15H2,1-2H3/t20-/m1/s1. The van der Waals surface area contributed by atoms with Crippen LogP contribution >= 0.6 is 0 Å². The van der Waals surface area contributed by atoms with Gasteiger partial charge in [0.15, 0.2) is 0 Å². The maximum atomic E-state index is 11.0. The fourth-order valence-corrected chi connectivity index (χ4v) is 3.04. The lowest BCUT2D eigenvalue weighted by molar-refractivity contribution is -0.0647. The van der Waals surface area contributed by atoms with Crippen molar-refractivity contribution in [3.8, 4) is 5.75 Å². The van der Waals surface area contributed by atoms with Crippen LogP contribution in [0.1, 0.15) is 16.8 Å². The first-order valence-corrected chi connectivity index (χ1v) is 8.67. The molecular formula is C20H26N2O3. The molecule has 134 valence electrons. The highest BCUT2D eigenvalue weighted by Crippen LogP contribution is 2.19. The van der Waals surface area contributed by atoms with Crippen molar-refractivity contribution in [3.05, 3.63) is 59.4 Å². The van der Waals surface area contributed by atoms with Gasteiger partial charge in [0, 0.05) is 25.8 Å². The Labute approximate surface area is 149 Å². The molecule has 1 atom stereocenters. The van der Waals surface area contributed by atoms with Gasteiger partial charge in [0.2, 0.25) is 0 Å². The minimum Gasteiger partial charge on any atom is -0.490 e. The van der Waals surface area contributed by atoms with E-state index in [4.69, 9.17) is 9.47 Å². The number of aliphatic hydroxyl groups is 1. The third kappa shape index (κ3) is 5.01. The number of rotatable bonds is 5. The predicted octanol–water partition coefficient (Wildman–Crippen LogP) is 2.34. The second-order valence-electron chi connectivity index (χ2n) is 6.86. The molecule has 1 aromatic heterocycles. The van der Waals surface area contributed by atoms with Crippen LogP contribution in [0.3, 0.4) is 0 Å². The van der Waals surface area contributed by atoms with Crippen LogP contribution in [0.2, 0.25) is 0 Å². The maximum absolute atomic E-state index is 11.0. The van der Waals surface area contributed by atoms with Crippen LogP contribution in [0.25, 0.3) is 0 Å². The Morgan fingerprint density at radius 2 is 2.16 bits per heavy atom. The predicted molar refractivity (Wildman–Crippen MR) is 96.7 cm³/mol. The van der Waals surface area contributed by atoms with Crippen molar-refractivity contribution in [1.29, 1.82) is 0 Å². The quantitative estimate of drug-likeness (QED) is 0.904. The average molecular weight is 342 g/mol. The number of hydrogen-bond acceptors (Lipinski definition) is 5. The van der Waals surface area contributed by atoms with E-state index in [2.05, 4.69) is 22.9 Å². The lowest BCUT2D eigenvalue weighted by atomic mass is 10.1. The van der Waals surface area contributed by atoms with Crippen LogP contribution < -0.4 is 4.74 Å². The van der Waals surface area contributed by atoms with Gasteiger partial charge in [-0.05, 0) is 43.2 Å². The van der Waals surface area contributed by atoms with Crippen molar-refractivity contribution < 1.29 is 14.6 Å². The average Bonchev–Trinajstić information content (AvgIpc) is 2.77. The molecule has 3 rings (SSSR count). The molecule has 1 aliphatic rings. The molecule has 0 amide bonds. The minimum atomic E-state index is -1.04. The summed E-state index contributed by atoms with van der Waals surface area (Å²) in [6.45, 7) is 7.11. The fraction of sp³-hybridized carbons (Fsp3) is 0.450. The molecule has 5 heteroatoms. The van der Waals surface area contributed by atoms with Crippen LogP contribution in [0.4, 0.5) is 0 Å². The van der Waals surface area contributed by atoms with Gasteiger partial charge in [-0.25, -0.2) is 0 Å². The van der Waals surface area contributed by atoms with E-state index in [0.29, 0.717) is 19.7 Å². The van der Waals surface area contributed by atoms with Crippen molar-refractivity contribution in [2.75, 3.05) is 32.9 Å². The summed E-state index contributed by atoms with van der Waals surface area (Å²) >= 11 is 0. The number of β-amino-alcohol motifs (C(OH)–C–C–N with tert-alkyl or cyclic N) is 1. The molecule has 1 saturated heterocycles. The number of ether oxygens (including phenoxy) is 2. The van der Waals surface area contributed by atoms with Crippen LogP contribution in [-0.4, -0.2) is 53.5 Å². The van der Waals surface area contributed by atoms with E-state index >= 15 is 0 Å². The highest BCUT2D eigenvalue weighted by atomic mass is 16.5. The summed E-state index contributed by atoms with van der Waals surface area (Å²) in [6.07, 6.45) is 1.81. The second-order valence-corrected chi connectivity index (χ2v) is 6.86. The molecule has 1 aromatic carbocycles. The van der Waals surface area contributed by atoms with Gasteiger partial charge in [-0.2, -0.15) is 0 Å². The Morgan fingerprint density at radius 1 is 1.28 bits per heavy atom. The van der Waals surface area contributed by atoms with E-state index in [0.717, 1.165) is 29.1 Å². The van der Waals surface area contributed by atoms with Gasteiger partial charge in [-0.1, -0.05) is 18.2 Å². The normalized spacial score (nSPS) is 21.7. The monoisotopic (exact) mass is 342 g/mol. The SMILES string of the molecule is Cc1cccc(OC[C@]2(O)COCCN(Cc3ncccc3C)C2)c1. The van der Waals surface area contributed by atoms with Crippen LogP contribution in [0, 0.1) is 13.8 Å². The van der Waals surface area contributed by atoms with E-state index in [1.807, 2.05) is 43.5 Å². The van der Waals surface area contributed by atoms with E-state index in [1.165, 1.54) is 0 Å². The van der Waals surface area contributed by atoms with Crippen LogP contribution in [0.5, 0.6) is 5.75 Å². The second kappa shape index (κ2) is 7.95. The van der Waals surface area contributed by atoms with E-state index in [-0.39, 0.29) is 13.2 Å². The lowest BCUT2D eigenvalue weighted by Crippen LogP contribution is -2.48. The molecule has 0 unspecified atom stereocenters. The molecule has 0 aliphatic carbocycles. The molecule has 1 aliphatic heterocycles. The third-order valence-corrected chi connectivity index (χ3v) is 4.43. The molecular weight excluding hydrogens is 316 g/mol. The highest BCUT2D eigenvalue weighted by molar-refractivity contribution is 5.27. The van der Waals surface area contributed by atoms with Gasteiger partial charge < -0.3 is 14.6 Å². The summed E-state index contributed by atoms with van der Waals surface area (Å²) in [5.74, 6) is 0.768. The fourth-order valence-electron chi connectivity index (χ4n) is 3.04. The first-order valence-electron chi connectivity index (χ1n) is 8.67. The number of nitrogens with zero attached hydrogens (tertiary/aromatic N) is 2. The molecule has 5 nitrogen and oxygen atoms in total. The summed E-state index contributed by atoms with van der Waals surface area (Å²) < 4.78 is 11.5. The Morgan fingerprint density at radius 3 is 2.96 bits per heavy atom. The molecule has 25 heavy (non-hydrogen) atoms. The molecule has 1 fully saturated rings. The van der Waals surface area contributed by atoms with Gasteiger partial charge in [-0.3, -0.25) is 9.88 Å². The van der Waals surface area contributed by atoms with Crippen molar-refractivity contribution in [1.82, 2.24) is 9.88 Å². The first kappa shape index (κ1) is 17.9. The molecule has 0 saturated carbocycles. The zero-order chi connectivity index (χ0) is 17.7. The highest BCUT2D eigenvalue weighted by Gasteiger charge is 2.33. The Bertz CT molecular complexity index is 707. The van der Waals surface area contributed by atoms with E-state index in [9.17, 15) is 5.11 Å². The zero-order valence-corrected chi connectivity index (χ0v) is 14.9. The minimum absolute atomic E-state index is 0.203. The Kier molecular flexibility index (Phi) is 5.68. The summed E-state index contributed by atoms with van der Waals surface area (Å²) in [5, 5.41) is 11.0. The summed E-state index contributed by atoms with van der Waals surface area (Å²) in [5.41, 5.74) is 2.29. The first-order chi connectivity index (χ1) is 12.0.